The Labute approximate surface area is 49.1 Å². The molecule has 1 nitrogen and oxygen atoms in total. The molecule has 1 saturated carbocycles. The zero-order valence-electron chi connectivity index (χ0n) is 4.94. The molecule has 0 heterocycles. The Morgan fingerprint density at radius 3 is 2.25 bits per heavy atom. The fourth-order valence-electron chi connectivity index (χ4n) is 1.11. The molecule has 2 atom stereocenters. The molecule has 0 bridgehead atoms. The van der Waals surface area contributed by atoms with Gasteiger partial charge in [-0.15, -0.1) is 0 Å². The number of rotatable bonds is 0. The lowest BCUT2D eigenvalue weighted by atomic mass is 9.95. The fourth-order valence-corrected chi connectivity index (χ4v) is 1.11. The molecule has 2 N–H and O–H groups in total. The van der Waals surface area contributed by atoms with E-state index in [0.29, 0.717) is 6.42 Å². The summed E-state index contributed by atoms with van der Waals surface area (Å²) in [6.45, 7) is 0. The van der Waals surface area contributed by atoms with Crippen LogP contribution in [0.25, 0.3) is 0 Å². The molecule has 0 saturated heterocycles. The summed E-state index contributed by atoms with van der Waals surface area (Å²) in [5.74, 6) is 0. The third kappa shape index (κ3) is 1.19. The Hall–Kier alpha value is -0.110. The van der Waals surface area contributed by atoms with Crippen molar-refractivity contribution in [2.45, 2.75) is 37.9 Å². The van der Waals surface area contributed by atoms with Crippen LogP contribution < -0.4 is 5.73 Å². The fraction of sp³-hybridized carbons (Fsp3) is 1.00. The molecule has 2 heteroatoms. The van der Waals surface area contributed by atoms with Gasteiger partial charge in [0.2, 0.25) is 0 Å². The minimum absolute atomic E-state index is 0.163. The van der Waals surface area contributed by atoms with Crippen LogP contribution >= 0.6 is 0 Å². The number of nitrogens with two attached hydrogens (primary N) is 1. The predicted octanol–water partition coefficient (Wildman–Crippen LogP) is 1.23. The molecule has 48 valence electrons. The van der Waals surface area contributed by atoms with E-state index in [1.54, 1.807) is 0 Å². The highest BCUT2D eigenvalue weighted by Crippen LogP contribution is 2.18. The van der Waals surface area contributed by atoms with E-state index < -0.39 is 6.17 Å². The number of alkyl halides is 1. The highest BCUT2D eigenvalue weighted by molar-refractivity contribution is 4.76. The van der Waals surface area contributed by atoms with E-state index in [1.165, 1.54) is 0 Å². The second kappa shape index (κ2) is 2.44. The first-order valence-electron chi connectivity index (χ1n) is 3.20. The largest absolute Gasteiger partial charge is 0.325 e. The Bertz CT molecular complexity index is 64.9. The van der Waals surface area contributed by atoms with Crippen molar-refractivity contribution in [1.82, 2.24) is 0 Å². The minimum Gasteiger partial charge on any atom is -0.325 e. The first kappa shape index (κ1) is 6.02. The molecule has 0 spiro atoms. The molecule has 0 amide bonds. The Morgan fingerprint density at radius 1 is 1.25 bits per heavy atom. The normalized spacial score (nSPS) is 39.8. The van der Waals surface area contributed by atoms with Crippen LogP contribution in [-0.4, -0.2) is 12.2 Å². The molecular formula is C6H12FN. The van der Waals surface area contributed by atoms with Gasteiger partial charge in [0.05, 0.1) is 0 Å². The topological polar surface area (TPSA) is 26.0 Å². The Kier molecular flexibility index (Phi) is 1.84. The smallest absolute Gasteiger partial charge is 0.115 e. The van der Waals surface area contributed by atoms with E-state index >= 15 is 0 Å². The second-order valence-electron chi connectivity index (χ2n) is 2.46. The van der Waals surface area contributed by atoms with Crippen LogP contribution in [-0.2, 0) is 0 Å². The van der Waals surface area contributed by atoms with Crippen molar-refractivity contribution in [2.24, 2.45) is 5.73 Å². The van der Waals surface area contributed by atoms with Crippen LogP contribution in [0, 0.1) is 0 Å². The van der Waals surface area contributed by atoms with Gasteiger partial charge in [0.25, 0.3) is 0 Å². The summed E-state index contributed by atoms with van der Waals surface area (Å²) in [6, 6.07) is -0.163. The zero-order chi connectivity index (χ0) is 5.98. The molecule has 0 aromatic heterocycles. The van der Waals surface area contributed by atoms with Crippen molar-refractivity contribution in [3.63, 3.8) is 0 Å². The predicted molar refractivity (Wildman–Crippen MR) is 31.3 cm³/mol. The summed E-state index contributed by atoms with van der Waals surface area (Å²) in [4.78, 5) is 0. The van der Waals surface area contributed by atoms with Gasteiger partial charge in [0.15, 0.2) is 0 Å². The van der Waals surface area contributed by atoms with Crippen molar-refractivity contribution in [1.29, 1.82) is 0 Å². The Morgan fingerprint density at radius 2 is 1.88 bits per heavy atom. The lowest BCUT2D eigenvalue weighted by molar-refractivity contribution is 0.218. The van der Waals surface area contributed by atoms with Gasteiger partial charge in [0, 0.05) is 6.04 Å². The van der Waals surface area contributed by atoms with Crippen molar-refractivity contribution in [2.75, 3.05) is 0 Å². The zero-order valence-corrected chi connectivity index (χ0v) is 4.94. The van der Waals surface area contributed by atoms with Gasteiger partial charge in [-0.25, -0.2) is 4.39 Å². The third-order valence-electron chi connectivity index (χ3n) is 1.73. The molecule has 1 aliphatic carbocycles. The highest BCUT2D eigenvalue weighted by Gasteiger charge is 2.19. The summed E-state index contributed by atoms with van der Waals surface area (Å²) >= 11 is 0. The average Bonchev–Trinajstić information content (AvgIpc) is 1.77. The van der Waals surface area contributed by atoms with Crippen LogP contribution in [0.1, 0.15) is 25.7 Å². The maximum Gasteiger partial charge on any atom is 0.115 e. The van der Waals surface area contributed by atoms with E-state index in [1.807, 2.05) is 0 Å². The molecule has 1 aliphatic rings. The standard InChI is InChI=1S/C6H12FN/c7-5-3-1-2-4-6(5)8/h5-6H,1-4,8H2/t5-,6-/m1/s1. The number of halogens is 1. The van der Waals surface area contributed by atoms with Gasteiger partial charge in [-0.1, -0.05) is 12.8 Å². The minimum atomic E-state index is -0.719. The molecule has 1 fully saturated rings. The number of hydrogen-bond acceptors (Lipinski definition) is 1. The number of hydrogen-bond donors (Lipinski definition) is 1. The lowest BCUT2D eigenvalue weighted by Crippen LogP contribution is -2.34. The van der Waals surface area contributed by atoms with Crippen LogP contribution in [0.3, 0.4) is 0 Å². The molecule has 0 unspecified atom stereocenters. The van der Waals surface area contributed by atoms with Gasteiger partial charge in [-0.2, -0.15) is 0 Å². The first-order valence-corrected chi connectivity index (χ1v) is 3.20. The quantitative estimate of drug-likeness (QED) is 0.507. The van der Waals surface area contributed by atoms with E-state index in [-0.39, 0.29) is 6.04 Å². The average molecular weight is 117 g/mol. The van der Waals surface area contributed by atoms with Gasteiger partial charge >= 0.3 is 0 Å². The van der Waals surface area contributed by atoms with E-state index in [9.17, 15) is 4.39 Å². The molecule has 0 aromatic rings. The third-order valence-corrected chi connectivity index (χ3v) is 1.73. The summed E-state index contributed by atoms with van der Waals surface area (Å²) < 4.78 is 12.5. The van der Waals surface area contributed by atoms with E-state index in [2.05, 4.69) is 0 Å². The first-order chi connectivity index (χ1) is 3.80. The van der Waals surface area contributed by atoms with Crippen molar-refractivity contribution in [3.05, 3.63) is 0 Å². The van der Waals surface area contributed by atoms with Crippen LogP contribution in [0.15, 0.2) is 0 Å². The molecule has 0 aliphatic heterocycles. The van der Waals surface area contributed by atoms with Gasteiger partial charge in [0.1, 0.15) is 6.17 Å². The maximum atomic E-state index is 12.5. The molecule has 0 radical (unpaired) electrons. The van der Waals surface area contributed by atoms with Crippen LogP contribution in [0.5, 0.6) is 0 Å². The van der Waals surface area contributed by atoms with Gasteiger partial charge in [-0.05, 0) is 12.8 Å². The summed E-state index contributed by atoms with van der Waals surface area (Å²) in [5, 5.41) is 0. The van der Waals surface area contributed by atoms with Gasteiger partial charge in [-0.3, -0.25) is 0 Å². The second-order valence-corrected chi connectivity index (χ2v) is 2.46. The molecule has 1 rings (SSSR count). The summed E-state index contributed by atoms with van der Waals surface area (Å²) in [6.07, 6.45) is 2.97. The van der Waals surface area contributed by atoms with Gasteiger partial charge < -0.3 is 5.73 Å². The van der Waals surface area contributed by atoms with E-state index in [0.717, 1.165) is 19.3 Å². The van der Waals surface area contributed by atoms with Crippen molar-refractivity contribution >= 4 is 0 Å². The monoisotopic (exact) mass is 117 g/mol. The maximum absolute atomic E-state index is 12.5. The summed E-state index contributed by atoms with van der Waals surface area (Å²) in [5.41, 5.74) is 5.40. The molecule has 0 aromatic carbocycles. The van der Waals surface area contributed by atoms with Crippen molar-refractivity contribution in [3.8, 4) is 0 Å². The van der Waals surface area contributed by atoms with Crippen LogP contribution in [0.2, 0.25) is 0 Å². The SMILES string of the molecule is N[C@@H]1CCCC[C@H]1F. The highest BCUT2D eigenvalue weighted by atomic mass is 19.1. The summed E-state index contributed by atoms with van der Waals surface area (Å²) in [7, 11) is 0. The van der Waals surface area contributed by atoms with Crippen LogP contribution in [0.4, 0.5) is 4.39 Å². The Balaban J connectivity index is 2.28. The lowest BCUT2D eigenvalue weighted by Gasteiger charge is -2.21. The molecule has 8 heavy (non-hydrogen) atoms. The van der Waals surface area contributed by atoms with E-state index in [4.69, 9.17) is 5.73 Å². The molecular weight excluding hydrogens is 105 g/mol. The van der Waals surface area contributed by atoms with Crippen molar-refractivity contribution < 1.29 is 4.39 Å².